The third kappa shape index (κ3) is 2.06. The maximum absolute atomic E-state index is 9.63. The molecule has 0 aliphatic rings. The molecule has 0 heterocycles. The quantitative estimate of drug-likeness (QED) is 0.711. The first-order chi connectivity index (χ1) is 5.75. The lowest BCUT2D eigenvalue weighted by Crippen LogP contribution is -2.12. The molecule has 1 rings (SSSR count). The van der Waals surface area contributed by atoms with Gasteiger partial charge in [0, 0.05) is 12.5 Å². The summed E-state index contributed by atoms with van der Waals surface area (Å²) in [6.07, 6.45) is -0.559. The van der Waals surface area contributed by atoms with Crippen molar-refractivity contribution in [3.05, 3.63) is 35.9 Å². The fraction of sp³-hybridized carbons (Fsp3) is 0.400. The van der Waals surface area contributed by atoms with Crippen LogP contribution in [0.25, 0.3) is 0 Å². The largest absolute Gasteiger partial charge is 0.396 e. The van der Waals surface area contributed by atoms with Crippen molar-refractivity contribution in [1.82, 2.24) is 0 Å². The zero-order chi connectivity index (χ0) is 8.97. The number of hydrogen-bond acceptors (Lipinski definition) is 2. The average molecular weight is 166 g/mol. The molecule has 0 saturated carbocycles. The van der Waals surface area contributed by atoms with Crippen LogP contribution in [-0.2, 0) is 0 Å². The van der Waals surface area contributed by atoms with E-state index in [1.54, 1.807) is 0 Å². The van der Waals surface area contributed by atoms with Gasteiger partial charge in [-0.3, -0.25) is 0 Å². The molecule has 0 aliphatic carbocycles. The van der Waals surface area contributed by atoms with Gasteiger partial charge < -0.3 is 10.2 Å². The van der Waals surface area contributed by atoms with Crippen LogP contribution in [0.2, 0.25) is 0 Å². The second-order valence-electron chi connectivity index (χ2n) is 3.02. The smallest absolute Gasteiger partial charge is 0.0837 e. The van der Waals surface area contributed by atoms with Gasteiger partial charge in [0.05, 0.1) is 6.10 Å². The number of hydrogen-bond donors (Lipinski definition) is 2. The van der Waals surface area contributed by atoms with Crippen molar-refractivity contribution in [3.8, 4) is 0 Å². The van der Waals surface area contributed by atoms with Gasteiger partial charge in [-0.25, -0.2) is 0 Å². The minimum absolute atomic E-state index is 0.00998. The van der Waals surface area contributed by atoms with E-state index in [1.807, 2.05) is 37.3 Å². The van der Waals surface area contributed by atoms with Crippen LogP contribution in [-0.4, -0.2) is 16.8 Å². The normalized spacial score (nSPS) is 15.6. The van der Waals surface area contributed by atoms with Crippen molar-refractivity contribution in [2.24, 2.45) is 5.92 Å². The standard InChI is InChI=1S/C10H14O2/c1-8(7-11)10(12)9-5-3-2-4-6-9/h2-6,8,10-12H,7H2,1H3/t8-,10+/m1/s1. The van der Waals surface area contributed by atoms with E-state index in [2.05, 4.69) is 0 Å². The fourth-order valence-electron chi connectivity index (χ4n) is 1.08. The summed E-state index contributed by atoms with van der Waals surface area (Å²) in [6, 6.07) is 9.37. The minimum Gasteiger partial charge on any atom is -0.396 e. The Labute approximate surface area is 72.5 Å². The lowest BCUT2D eigenvalue weighted by atomic mass is 9.98. The Balaban J connectivity index is 2.71. The zero-order valence-electron chi connectivity index (χ0n) is 7.14. The molecule has 0 saturated heterocycles. The molecule has 12 heavy (non-hydrogen) atoms. The molecular weight excluding hydrogens is 152 g/mol. The SMILES string of the molecule is C[C@H](CO)[C@H](O)c1ccccc1. The molecule has 0 fully saturated rings. The molecule has 0 bridgehead atoms. The fourth-order valence-corrected chi connectivity index (χ4v) is 1.08. The van der Waals surface area contributed by atoms with Gasteiger partial charge in [-0.1, -0.05) is 37.3 Å². The topological polar surface area (TPSA) is 40.5 Å². The highest BCUT2D eigenvalue weighted by molar-refractivity contribution is 5.17. The first-order valence-corrected chi connectivity index (χ1v) is 4.09. The summed E-state index contributed by atoms with van der Waals surface area (Å²) in [7, 11) is 0. The van der Waals surface area contributed by atoms with E-state index in [0.29, 0.717) is 0 Å². The molecule has 2 nitrogen and oxygen atoms in total. The molecule has 2 N–H and O–H groups in total. The van der Waals surface area contributed by atoms with Crippen LogP contribution < -0.4 is 0 Å². The Morgan fingerprint density at radius 3 is 2.33 bits per heavy atom. The molecular formula is C10H14O2. The number of benzene rings is 1. The first kappa shape index (κ1) is 9.23. The number of aliphatic hydroxyl groups excluding tert-OH is 2. The molecule has 0 unspecified atom stereocenters. The summed E-state index contributed by atoms with van der Waals surface area (Å²) in [4.78, 5) is 0. The van der Waals surface area contributed by atoms with Crippen LogP contribution in [0.4, 0.5) is 0 Å². The molecule has 0 aromatic heterocycles. The summed E-state index contributed by atoms with van der Waals surface area (Å²) in [5, 5.41) is 18.4. The number of rotatable bonds is 3. The Morgan fingerprint density at radius 2 is 1.83 bits per heavy atom. The van der Waals surface area contributed by atoms with Crippen LogP contribution in [0.15, 0.2) is 30.3 Å². The van der Waals surface area contributed by atoms with Crippen molar-refractivity contribution in [2.75, 3.05) is 6.61 Å². The van der Waals surface area contributed by atoms with Crippen LogP contribution in [0.5, 0.6) is 0 Å². The van der Waals surface area contributed by atoms with Crippen molar-refractivity contribution in [2.45, 2.75) is 13.0 Å². The van der Waals surface area contributed by atoms with Crippen LogP contribution >= 0.6 is 0 Å². The highest BCUT2D eigenvalue weighted by Crippen LogP contribution is 2.20. The molecule has 0 amide bonds. The Kier molecular flexibility index (Phi) is 3.26. The third-order valence-corrected chi connectivity index (χ3v) is 1.97. The van der Waals surface area contributed by atoms with Crippen LogP contribution in [0.1, 0.15) is 18.6 Å². The van der Waals surface area contributed by atoms with Gasteiger partial charge >= 0.3 is 0 Å². The number of aliphatic hydroxyl groups is 2. The van der Waals surface area contributed by atoms with Crippen molar-refractivity contribution < 1.29 is 10.2 Å². The van der Waals surface area contributed by atoms with Gasteiger partial charge in [0.2, 0.25) is 0 Å². The van der Waals surface area contributed by atoms with Gasteiger partial charge in [-0.2, -0.15) is 0 Å². The van der Waals surface area contributed by atoms with E-state index < -0.39 is 6.10 Å². The summed E-state index contributed by atoms with van der Waals surface area (Å²) in [5.74, 6) is -0.104. The molecule has 0 spiro atoms. The van der Waals surface area contributed by atoms with Gasteiger partial charge in [0.25, 0.3) is 0 Å². The van der Waals surface area contributed by atoms with E-state index in [9.17, 15) is 5.11 Å². The van der Waals surface area contributed by atoms with E-state index in [4.69, 9.17) is 5.11 Å². The maximum atomic E-state index is 9.63. The molecule has 0 aliphatic heterocycles. The predicted octanol–water partition coefficient (Wildman–Crippen LogP) is 1.35. The third-order valence-electron chi connectivity index (χ3n) is 1.97. The van der Waals surface area contributed by atoms with E-state index in [0.717, 1.165) is 5.56 Å². The predicted molar refractivity (Wildman–Crippen MR) is 47.7 cm³/mol. The molecule has 0 radical (unpaired) electrons. The Morgan fingerprint density at radius 1 is 1.25 bits per heavy atom. The van der Waals surface area contributed by atoms with Crippen molar-refractivity contribution in [3.63, 3.8) is 0 Å². The average Bonchev–Trinajstić information content (AvgIpc) is 2.17. The highest BCUT2D eigenvalue weighted by atomic mass is 16.3. The Hall–Kier alpha value is -0.860. The summed E-state index contributed by atoms with van der Waals surface area (Å²) >= 11 is 0. The van der Waals surface area contributed by atoms with E-state index in [-0.39, 0.29) is 12.5 Å². The van der Waals surface area contributed by atoms with Crippen molar-refractivity contribution in [1.29, 1.82) is 0 Å². The second-order valence-corrected chi connectivity index (χ2v) is 3.02. The maximum Gasteiger partial charge on any atom is 0.0837 e. The van der Waals surface area contributed by atoms with Gasteiger partial charge in [0.15, 0.2) is 0 Å². The lowest BCUT2D eigenvalue weighted by molar-refractivity contribution is 0.0770. The lowest BCUT2D eigenvalue weighted by Gasteiger charge is -2.16. The van der Waals surface area contributed by atoms with Crippen molar-refractivity contribution >= 4 is 0 Å². The zero-order valence-corrected chi connectivity index (χ0v) is 7.14. The van der Waals surface area contributed by atoms with Crippen LogP contribution in [0.3, 0.4) is 0 Å². The summed E-state index contributed by atoms with van der Waals surface area (Å²) in [6.45, 7) is 1.83. The summed E-state index contributed by atoms with van der Waals surface area (Å²) in [5.41, 5.74) is 0.860. The second kappa shape index (κ2) is 4.24. The van der Waals surface area contributed by atoms with Crippen LogP contribution in [0, 0.1) is 5.92 Å². The van der Waals surface area contributed by atoms with Gasteiger partial charge in [-0.05, 0) is 5.56 Å². The summed E-state index contributed by atoms with van der Waals surface area (Å²) < 4.78 is 0. The highest BCUT2D eigenvalue weighted by Gasteiger charge is 2.14. The molecule has 1 aromatic rings. The van der Waals surface area contributed by atoms with Gasteiger partial charge in [-0.15, -0.1) is 0 Å². The van der Waals surface area contributed by atoms with Gasteiger partial charge in [0.1, 0.15) is 0 Å². The van der Waals surface area contributed by atoms with E-state index in [1.165, 1.54) is 0 Å². The minimum atomic E-state index is -0.559. The Bertz CT molecular complexity index is 221. The molecule has 1 aromatic carbocycles. The molecule has 66 valence electrons. The molecule has 2 heteroatoms. The first-order valence-electron chi connectivity index (χ1n) is 4.09. The van der Waals surface area contributed by atoms with E-state index >= 15 is 0 Å². The monoisotopic (exact) mass is 166 g/mol. The molecule has 2 atom stereocenters.